The molecule has 0 aliphatic heterocycles. The molecule has 0 aromatic rings. The average Bonchev–Trinajstić information content (AvgIpc) is 1.39. The molecule has 0 saturated heterocycles. The summed E-state index contributed by atoms with van der Waals surface area (Å²) in [6.45, 7) is 0. The number of rotatable bonds is 0. The first-order valence-electron chi connectivity index (χ1n) is 0.617. The van der Waals surface area contributed by atoms with E-state index in [0.717, 1.165) is 0 Å². The Kier molecular flexibility index (Phi) is 59.9. The monoisotopic (exact) mass is 280 g/mol. The van der Waals surface area contributed by atoms with E-state index in [4.69, 9.17) is 16.8 Å². The summed E-state index contributed by atoms with van der Waals surface area (Å²) in [5.41, 5.74) is 0. The van der Waals surface area contributed by atoms with Crippen LogP contribution in [0.5, 0.6) is 0 Å². The molecule has 0 atom stereocenters. The molecule has 0 N–H and O–H groups in total. The molecule has 0 spiro atoms. The Balaban J connectivity index is -0.0000000400. The predicted molar refractivity (Wildman–Crippen MR) is 0 cm³/mol. The van der Waals surface area contributed by atoms with Crippen molar-refractivity contribution in [2.24, 2.45) is 0 Å². The fraction of sp³-hybridized carbons (Fsp3) is 0. The van der Waals surface area contributed by atoms with Crippen molar-refractivity contribution < 1.29 is 64.4 Å². The molecule has 0 rings (SSSR count). The first-order chi connectivity index (χ1) is 2.83. The van der Waals surface area contributed by atoms with Gasteiger partial charge in [-0.05, 0) is 0 Å². The first kappa shape index (κ1) is 15.7. The number of hydrogen-bond donors (Lipinski definition) is 0. The molecule has 0 heterocycles. The van der Waals surface area contributed by atoms with Gasteiger partial charge in [0.05, 0.1) is 0 Å². The van der Waals surface area contributed by atoms with E-state index in [9.17, 15) is 0 Å². The fourth-order valence-corrected chi connectivity index (χ4v) is 0. The predicted octanol–water partition coefficient (Wildman–Crippen LogP) is -4.76. The minimum absolute atomic E-state index is 0. The van der Waals surface area contributed by atoms with E-state index in [0.29, 0.717) is 0 Å². The maximum absolute atomic E-state index is 8.41. The van der Waals surface area contributed by atoms with Gasteiger partial charge in [0.25, 0.3) is 0 Å². The van der Waals surface area contributed by atoms with Crippen LogP contribution in [-0.4, -0.2) is 0 Å². The smallest absolute Gasteiger partial charge is 0.585 e. The van der Waals surface area contributed by atoms with Gasteiger partial charge in [-0.2, -0.15) is 0 Å². The molecule has 7 heavy (non-hydrogen) atoms. The summed E-state index contributed by atoms with van der Waals surface area (Å²) in [5.74, 6) is 0. The molecule has 0 amide bonds. The van der Waals surface area contributed by atoms with Crippen LogP contribution in [0.2, 0.25) is 0 Å². The van der Waals surface area contributed by atoms with Gasteiger partial charge in [0.1, 0.15) is 0 Å². The van der Waals surface area contributed by atoms with Crippen molar-refractivity contribution >= 4 is 0 Å². The topological polar surface area (TPSA) is 92.2 Å². The molecule has 4 nitrogen and oxygen atoms in total. The fourth-order valence-electron chi connectivity index (χ4n) is 0. The Morgan fingerprint density at radius 2 is 0.714 bits per heavy atom. The van der Waals surface area contributed by atoms with Crippen LogP contribution in [0.4, 0.5) is 0 Å². The molecule has 48 valence electrons. The van der Waals surface area contributed by atoms with Gasteiger partial charge >= 0.3 is 16.5 Å². The van der Waals surface area contributed by atoms with Gasteiger partial charge in [0.2, 0.25) is 0 Å². The standard InChI is InChI=1S/2BrO2.Ni/c2*2-1-3;/q2*-1;+2. The van der Waals surface area contributed by atoms with Crippen molar-refractivity contribution in [3.63, 3.8) is 0 Å². The van der Waals surface area contributed by atoms with Gasteiger partial charge in [-0.3, -0.25) is 0 Å². The Labute approximate surface area is 64.4 Å². The number of hydrogen-bond acceptors (Lipinski definition) is 4. The summed E-state index contributed by atoms with van der Waals surface area (Å²) in [5, 5.41) is 0. The van der Waals surface area contributed by atoms with Crippen LogP contribution in [0.15, 0.2) is 0 Å². The summed E-state index contributed by atoms with van der Waals surface area (Å²) in [6.07, 6.45) is 0. The zero-order valence-corrected chi connectivity index (χ0v) is 6.86. The minimum atomic E-state index is -1.44. The summed E-state index contributed by atoms with van der Waals surface area (Å²) >= 11 is -2.88. The van der Waals surface area contributed by atoms with Gasteiger partial charge in [-0.25, -0.2) is 0 Å². The Morgan fingerprint density at radius 1 is 0.714 bits per heavy atom. The average molecular weight is 282 g/mol. The van der Waals surface area contributed by atoms with Gasteiger partial charge in [0, 0.05) is 0 Å². The van der Waals surface area contributed by atoms with Crippen LogP contribution in [0, 0.1) is 31.1 Å². The molecule has 7 heteroatoms. The molecule has 0 aliphatic carbocycles. The van der Waals surface area contributed by atoms with Crippen LogP contribution in [0.1, 0.15) is 0 Å². The van der Waals surface area contributed by atoms with Gasteiger partial charge in [0.15, 0.2) is 31.1 Å². The van der Waals surface area contributed by atoms with E-state index >= 15 is 0 Å². The van der Waals surface area contributed by atoms with Crippen molar-refractivity contribution in [1.29, 1.82) is 0 Å². The molecule has 0 bridgehead atoms. The molecule has 0 radical (unpaired) electrons. The number of halogens is 2. The first-order valence-corrected chi connectivity index (χ1v) is 3.21. The molecule has 0 aromatic heterocycles. The maximum Gasteiger partial charge on any atom is 2.00 e. The molecule has 0 fully saturated rings. The second-order valence-electron chi connectivity index (χ2n) is 0.126. The maximum atomic E-state index is 8.41. The summed E-state index contributed by atoms with van der Waals surface area (Å²) in [6, 6.07) is 0. The van der Waals surface area contributed by atoms with Crippen LogP contribution < -0.4 is 16.8 Å². The van der Waals surface area contributed by atoms with Crippen molar-refractivity contribution in [2.75, 3.05) is 0 Å². The van der Waals surface area contributed by atoms with Gasteiger partial charge in [-0.1, -0.05) is 0 Å². The van der Waals surface area contributed by atoms with E-state index in [1.165, 1.54) is 0 Å². The van der Waals surface area contributed by atoms with E-state index in [-0.39, 0.29) is 16.5 Å². The van der Waals surface area contributed by atoms with Crippen LogP contribution in [0.3, 0.4) is 0 Å². The normalized spacial score (nSPS) is 5.14. The summed E-state index contributed by atoms with van der Waals surface area (Å²) in [4.78, 5) is 0. The van der Waals surface area contributed by atoms with Crippen LogP contribution in [-0.2, 0) is 16.5 Å². The van der Waals surface area contributed by atoms with E-state index in [1.54, 1.807) is 0 Å². The van der Waals surface area contributed by atoms with Crippen molar-refractivity contribution in [3.05, 3.63) is 0 Å². The second kappa shape index (κ2) is 26.6. The molecule has 0 aromatic carbocycles. The molecule has 0 aliphatic rings. The largest absolute Gasteiger partial charge is 2.00 e. The van der Waals surface area contributed by atoms with Gasteiger partial charge in [-0.15, -0.1) is 0 Å². The Bertz CT molecular complexity index is 11.7. The molecule has 0 unspecified atom stereocenters. The third-order valence-corrected chi connectivity index (χ3v) is 0. The SMILES string of the molecule is [Ni+2].[O-][Br+][O-].[O-][Br+][O-]. The molecular formula is Br2NiO4. The minimum Gasteiger partial charge on any atom is -0.585 e. The van der Waals surface area contributed by atoms with Crippen LogP contribution >= 0.6 is 0 Å². The van der Waals surface area contributed by atoms with E-state index < -0.39 is 31.1 Å². The Morgan fingerprint density at radius 3 is 0.714 bits per heavy atom. The quantitative estimate of drug-likeness (QED) is 0.417. The summed E-state index contributed by atoms with van der Waals surface area (Å²) in [7, 11) is 0. The molecular weight excluding hydrogens is 282 g/mol. The van der Waals surface area contributed by atoms with Crippen molar-refractivity contribution in [3.8, 4) is 0 Å². The zero-order chi connectivity index (χ0) is 5.41. The van der Waals surface area contributed by atoms with Crippen molar-refractivity contribution in [2.45, 2.75) is 0 Å². The summed E-state index contributed by atoms with van der Waals surface area (Å²) < 4.78 is 33.6. The molecule has 0 saturated carbocycles. The zero-order valence-electron chi connectivity index (χ0n) is 2.71. The van der Waals surface area contributed by atoms with E-state index in [2.05, 4.69) is 0 Å². The third-order valence-electron chi connectivity index (χ3n) is 0. The van der Waals surface area contributed by atoms with Crippen LogP contribution in [0.25, 0.3) is 0 Å². The van der Waals surface area contributed by atoms with E-state index in [1.807, 2.05) is 0 Å². The Hall–Kier alpha value is 1.29. The van der Waals surface area contributed by atoms with Gasteiger partial charge < -0.3 is 16.8 Å². The third kappa shape index (κ3) is 122. The second-order valence-corrected chi connectivity index (χ2v) is 0.655. The van der Waals surface area contributed by atoms with Crippen molar-refractivity contribution in [1.82, 2.24) is 0 Å².